The number of imidazole rings is 1. The second-order valence-electron chi connectivity index (χ2n) is 5.32. The molecule has 0 bridgehead atoms. The summed E-state index contributed by atoms with van der Waals surface area (Å²) < 4.78 is 2.12. The molecular weight excluding hydrogens is 274 g/mol. The van der Waals surface area contributed by atoms with E-state index in [1.165, 1.54) is 0 Å². The maximum Gasteiger partial charge on any atom is 0.272 e. The van der Waals surface area contributed by atoms with E-state index < -0.39 is 0 Å². The van der Waals surface area contributed by atoms with Crippen LogP contribution in [0.3, 0.4) is 0 Å². The molecule has 2 rings (SSSR count). The van der Waals surface area contributed by atoms with Gasteiger partial charge < -0.3 is 9.47 Å². The van der Waals surface area contributed by atoms with Crippen LogP contribution in [0.5, 0.6) is 0 Å². The summed E-state index contributed by atoms with van der Waals surface area (Å²) in [4.78, 5) is 18.8. The van der Waals surface area contributed by atoms with Gasteiger partial charge in [-0.15, -0.1) is 0 Å². The normalized spacial score (nSPS) is 13.7. The molecule has 0 aromatic carbocycles. The highest BCUT2D eigenvalue weighted by molar-refractivity contribution is 5.93. The van der Waals surface area contributed by atoms with Crippen LogP contribution in [0.2, 0.25) is 0 Å². The summed E-state index contributed by atoms with van der Waals surface area (Å²) in [7, 11) is 0. The molecule has 1 aliphatic rings. The molecule has 1 aliphatic heterocycles. The molecule has 0 radical (unpaired) electrons. The van der Waals surface area contributed by atoms with Crippen molar-refractivity contribution in [3.8, 4) is 0 Å². The van der Waals surface area contributed by atoms with Gasteiger partial charge in [0.1, 0.15) is 11.5 Å². The van der Waals surface area contributed by atoms with Crippen LogP contribution < -0.4 is 0 Å². The molecule has 124 valence electrons. The molecule has 0 N–H and O–H groups in total. The summed E-state index contributed by atoms with van der Waals surface area (Å²) in [6.45, 7) is 10.8. The molecule has 1 aromatic rings. The van der Waals surface area contributed by atoms with Crippen LogP contribution in [0, 0.1) is 0 Å². The average molecular weight is 305 g/mol. The number of carbonyl (C=O) groups excluding carboxylic acids is 1. The van der Waals surface area contributed by atoms with Crippen molar-refractivity contribution in [2.75, 3.05) is 13.1 Å². The van der Waals surface area contributed by atoms with Crippen LogP contribution in [0.15, 0.2) is 18.3 Å². The van der Waals surface area contributed by atoms with E-state index in [2.05, 4.69) is 28.6 Å². The summed E-state index contributed by atoms with van der Waals surface area (Å²) in [5, 5.41) is 0. The van der Waals surface area contributed by atoms with Crippen molar-refractivity contribution in [1.29, 1.82) is 0 Å². The van der Waals surface area contributed by atoms with Gasteiger partial charge in [-0.2, -0.15) is 0 Å². The quantitative estimate of drug-likeness (QED) is 0.712. The van der Waals surface area contributed by atoms with Crippen molar-refractivity contribution < 1.29 is 4.79 Å². The summed E-state index contributed by atoms with van der Waals surface area (Å²) in [6.07, 6.45) is 11.3. The summed E-state index contributed by atoms with van der Waals surface area (Å²) in [5.74, 6) is 1.20. The van der Waals surface area contributed by atoms with Gasteiger partial charge in [-0.3, -0.25) is 4.79 Å². The largest absolute Gasteiger partial charge is 0.337 e. The number of carbonyl (C=O) groups is 1. The Morgan fingerprint density at radius 2 is 2.09 bits per heavy atom. The molecule has 4 heteroatoms. The van der Waals surface area contributed by atoms with E-state index in [1.54, 1.807) is 6.20 Å². The number of amides is 1. The first kappa shape index (κ1) is 18.5. The maximum absolute atomic E-state index is 12.4. The summed E-state index contributed by atoms with van der Waals surface area (Å²) in [6, 6.07) is 0. The molecule has 1 amide bonds. The molecule has 1 aromatic heterocycles. The zero-order chi connectivity index (χ0) is 16.4. The van der Waals surface area contributed by atoms with Crippen molar-refractivity contribution in [3.63, 3.8) is 0 Å². The van der Waals surface area contributed by atoms with E-state index in [0.29, 0.717) is 0 Å². The predicted molar refractivity (Wildman–Crippen MR) is 92.1 cm³/mol. The first-order chi connectivity index (χ1) is 10.8. The minimum absolute atomic E-state index is 0.145. The molecule has 22 heavy (non-hydrogen) atoms. The summed E-state index contributed by atoms with van der Waals surface area (Å²) in [5.41, 5.74) is 0.764. The molecule has 0 saturated carbocycles. The molecule has 0 aliphatic carbocycles. The van der Waals surface area contributed by atoms with E-state index in [9.17, 15) is 4.79 Å². The molecule has 0 unspecified atom stereocenters. The van der Waals surface area contributed by atoms with Crippen LogP contribution in [0.25, 0.3) is 0 Å². The Morgan fingerprint density at radius 3 is 2.64 bits per heavy atom. The molecular formula is C18H31N3O. The maximum atomic E-state index is 12.4. The Morgan fingerprint density at radius 1 is 1.36 bits per heavy atom. The van der Waals surface area contributed by atoms with E-state index >= 15 is 0 Å². The van der Waals surface area contributed by atoms with Gasteiger partial charge in [0.2, 0.25) is 0 Å². The van der Waals surface area contributed by atoms with Gasteiger partial charge in [0, 0.05) is 26.1 Å². The van der Waals surface area contributed by atoms with Gasteiger partial charge in [-0.05, 0) is 26.2 Å². The topological polar surface area (TPSA) is 38.1 Å². The fraction of sp³-hybridized carbons (Fsp3) is 0.667. The lowest BCUT2D eigenvalue weighted by Gasteiger charge is -2.31. The lowest BCUT2D eigenvalue weighted by molar-refractivity contribution is 0.0640. The standard InChI is InChI=1S/C16H25N3O.C2H6/c1-3-5-7-12-19-14(16(20)18-10-8-11-18)13-17-15(19)9-6-4-2;1-2/h3,5,13H,4,6-12H2,1-2H3;1-2H3/b5-3-;. The van der Waals surface area contributed by atoms with Crippen LogP contribution in [-0.2, 0) is 13.0 Å². The number of hydrogen-bond donors (Lipinski definition) is 0. The Labute approximate surface area is 135 Å². The highest BCUT2D eigenvalue weighted by atomic mass is 16.2. The van der Waals surface area contributed by atoms with E-state index in [-0.39, 0.29) is 5.91 Å². The van der Waals surface area contributed by atoms with E-state index in [4.69, 9.17) is 0 Å². The number of hydrogen-bond acceptors (Lipinski definition) is 2. The minimum atomic E-state index is 0.145. The van der Waals surface area contributed by atoms with E-state index in [0.717, 1.165) is 63.3 Å². The first-order valence-corrected chi connectivity index (χ1v) is 8.72. The molecule has 1 fully saturated rings. The lowest BCUT2D eigenvalue weighted by Crippen LogP contribution is -2.42. The van der Waals surface area contributed by atoms with Crippen molar-refractivity contribution in [3.05, 3.63) is 29.9 Å². The van der Waals surface area contributed by atoms with Crippen LogP contribution in [-0.4, -0.2) is 33.4 Å². The van der Waals surface area contributed by atoms with Crippen LogP contribution >= 0.6 is 0 Å². The SMILES string of the molecule is C/C=C\CCn1c(C(=O)N2CCC2)cnc1CCCC.CC. The third kappa shape index (κ3) is 4.72. The zero-order valence-electron chi connectivity index (χ0n) is 14.6. The first-order valence-electron chi connectivity index (χ1n) is 8.72. The fourth-order valence-corrected chi connectivity index (χ4v) is 2.42. The van der Waals surface area contributed by atoms with Gasteiger partial charge in [0.05, 0.1) is 6.20 Å². The van der Waals surface area contributed by atoms with Crippen molar-refractivity contribution in [2.45, 2.75) is 66.3 Å². The van der Waals surface area contributed by atoms with Crippen LogP contribution in [0.1, 0.15) is 69.7 Å². The second kappa shape index (κ2) is 10.2. The lowest BCUT2D eigenvalue weighted by atomic mass is 10.2. The number of aryl methyl sites for hydroxylation is 1. The van der Waals surface area contributed by atoms with E-state index in [1.807, 2.05) is 25.7 Å². The number of likely N-dealkylation sites (tertiary alicyclic amines) is 1. The Kier molecular flexibility index (Phi) is 8.56. The van der Waals surface area contributed by atoms with Gasteiger partial charge in [0.15, 0.2) is 0 Å². The zero-order valence-corrected chi connectivity index (χ0v) is 14.6. The van der Waals surface area contributed by atoms with Crippen molar-refractivity contribution in [2.24, 2.45) is 0 Å². The van der Waals surface area contributed by atoms with Crippen LogP contribution in [0.4, 0.5) is 0 Å². The number of rotatable bonds is 7. The second-order valence-corrected chi connectivity index (χ2v) is 5.32. The monoisotopic (exact) mass is 305 g/mol. The Balaban J connectivity index is 0.00000116. The van der Waals surface area contributed by atoms with Crippen molar-refractivity contribution in [1.82, 2.24) is 14.5 Å². The fourth-order valence-electron chi connectivity index (χ4n) is 2.42. The van der Waals surface area contributed by atoms with Crippen molar-refractivity contribution >= 4 is 5.91 Å². The molecule has 2 heterocycles. The Bertz CT molecular complexity index is 473. The molecule has 4 nitrogen and oxygen atoms in total. The number of nitrogens with zero attached hydrogens (tertiary/aromatic N) is 3. The summed E-state index contributed by atoms with van der Waals surface area (Å²) >= 11 is 0. The third-order valence-electron chi connectivity index (χ3n) is 3.81. The average Bonchev–Trinajstić information content (AvgIpc) is 2.88. The molecule has 1 saturated heterocycles. The number of unbranched alkanes of at least 4 members (excludes halogenated alkanes) is 1. The van der Waals surface area contributed by atoms with Gasteiger partial charge in [-0.25, -0.2) is 4.98 Å². The molecule has 0 spiro atoms. The predicted octanol–water partition coefficient (Wildman–Crippen LogP) is 4.06. The molecule has 0 atom stereocenters. The highest BCUT2D eigenvalue weighted by Crippen LogP contribution is 2.16. The number of allylic oxidation sites excluding steroid dienone is 2. The van der Waals surface area contributed by atoms with Gasteiger partial charge >= 0.3 is 0 Å². The highest BCUT2D eigenvalue weighted by Gasteiger charge is 2.25. The minimum Gasteiger partial charge on any atom is -0.337 e. The third-order valence-corrected chi connectivity index (χ3v) is 3.81. The van der Waals surface area contributed by atoms with Gasteiger partial charge in [-0.1, -0.05) is 39.3 Å². The van der Waals surface area contributed by atoms with Gasteiger partial charge in [0.25, 0.3) is 5.91 Å². The smallest absolute Gasteiger partial charge is 0.272 e. The number of aromatic nitrogens is 2. The Hall–Kier alpha value is -1.58.